The number of carbonyl (C=O) groups is 1. The van der Waals surface area contributed by atoms with E-state index >= 15 is 0 Å². The number of likely N-dealkylation sites (tertiary alicyclic amines) is 1. The highest BCUT2D eigenvalue weighted by Gasteiger charge is 2.28. The molecule has 0 aliphatic carbocycles. The Balaban J connectivity index is 1.74. The molecule has 2 heterocycles. The minimum absolute atomic E-state index is 0.216. The van der Waals surface area contributed by atoms with Crippen molar-refractivity contribution in [3.63, 3.8) is 0 Å². The van der Waals surface area contributed by atoms with Crippen LogP contribution in [0.2, 0.25) is 5.02 Å². The minimum atomic E-state index is -0.956. The maximum atomic E-state index is 11.3. The van der Waals surface area contributed by atoms with Crippen molar-refractivity contribution in [2.24, 2.45) is 0 Å². The van der Waals surface area contributed by atoms with E-state index in [1.807, 2.05) is 0 Å². The van der Waals surface area contributed by atoms with Gasteiger partial charge in [-0.3, -0.25) is 4.90 Å². The maximum absolute atomic E-state index is 11.3. The first-order valence-electron chi connectivity index (χ1n) is 7.08. The number of hydrogen-bond donors (Lipinski definition) is 1. The van der Waals surface area contributed by atoms with Crippen molar-refractivity contribution in [3.05, 3.63) is 46.1 Å². The molecule has 1 N–H and O–H groups in total. The van der Waals surface area contributed by atoms with Gasteiger partial charge >= 0.3 is 5.97 Å². The first-order valence-corrected chi connectivity index (χ1v) is 7.45. The van der Waals surface area contributed by atoms with Gasteiger partial charge in [0, 0.05) is 31.0 Å². The first kappa shape index (κ1) is 15.0. The van der Waals surface area contributed by atoms with Crippen molar-refractivity contribution in [1.82, 2.24) is 15.0 Å². The summed E-state index contributed by atoms with van der Waals surface area (Å²) in [7, 11) is 0. The standard InChI is InChI=1S/C15H16ClN3O3/c1-9-17-14(18-22-9)10-5-6-19(7-10)8-12-11(15(20)21)3-2-4-13(12)16/h2-4,10H,5-8H2,1H3,(H,20,21). The lowest BCUT2D eigenvalue weighted by molar-refractivity contribution is 0.0694. The van der Waals surface area contributed by atoms with Crippen molar-refractivity contribution in [2.45, 2.75) is 25.8 Å². The number of carboxylic acids is 1. The molecule has 1 unspecified atom stereocenters. The molecule has 116 valence electrons. The molecular formula is C15H16ClN3O3. The number of aryl methyl sites for hydroxylation is 1. The van der Waals surface area contributed by atoms with Crippen LogP contribution in [0.25, 0.3) is 0 Å². The third-order valence-electron chi connectivity index (χ3n) is 3.91. The maximum Gasteiger partial charge on any atom is 0.336 e. The zero-order valence-corrected chi connectivity index (χ0v) is 12.9. The topological polar surface area (TPSA) is 79.5 Å². The van der Waals surface area contributed by atoms with Gasteiger partial charge in [-0.2, -0.15) is 4.98 Å². The second kappa shape index (κ2) is 6.06. The van der Waals surface area contributed by atoms with Gasteiger partial charge in [0.05, 0.1) is 5.56 Å². The molecule has 7 heteroatoms. The van der Waals surface area contributed by atoms with Gasteiger partial charge in [0.15, 0.2) is 5.82 Å². The lowest BCUT2D eigenvalue weighted by Gasteiger charge is -2.17. The van der Waals surface area contributed by atoms with Gasteiger partial charge < -0.3 is 9.63 Å². The molecule has 6 nitrogen and oxygen atoms in total. The molecule has 1 atom stereocenters. The SMILES string of the molecule is Cc1nc(C2CCN(Cc3c(Cl)cccc3C(=O)O)C2)no1. The molecule has 1 saturated heterocycles. The van der Waals surface area contributed by atoms with Crippen LogP contribution in [0.15, 0.2) is 22.7 Å². The number of hydrogen-bond acceptors (Lipinski definition) is 5. The summed E-state index contributed by atoms with van der Waals surface area (Å²) >= 11 is 6.18. The van der Waals surface area contributed by atoms with Crippen LogP contribution in [0.1, 0.15) is 40.0 Å². The zero-order valence-electron chi connectivity index (χ0n) is 12.1. The number of aromatic carboxylic acids is 1. The number of nitrogens with zero attached hydrogens (tertiary/aromatic N) is 3. The number of benzene rings is 1. The second-order valence-corrected chi connectivity index (χ2v) is 5.87. The van der Waals surface area contributed by atoms with Crippen LogP contribution in [0.4, 0.5) is 0 Å². The van der Waals surface area contributed by atoms with Gasteiger partial charge in [-0.25, -0.2) is 4.79 Å². The third-order valence-corrected chi connectivity index (χ3v) is 4.27. The molecule has 2 aromatic rings. The fourth-order valence-corrected chi connectivity index (χ4v) is 3.05. The summed E-state index contributed by atoms with van der Waals surface area (Å²) in [5.74, 6) is 0.542. The summed E-state index contributed by atoms with van der Waals surface area (Å²) in [5.41, 5.74) is 0.910. The highest BCUT2D eigenvalue weighted by Crippen LogP contribution is 2.29. The monoisotopic (exact) mass is 321 g/mol. The lowest BCUT2D eigenvalue weighted by Crippen LogP contribution is -2.21. The Bertz CT molecular complexity index is 701. The smallest absolute Gasteiger partial charge is 0.336 e. The van der Waals surface area contributed by atoms with Gasteiger partial charge in [-0.15, -0.1) is 0 Å². The summed E-state index contributed by atoms with van der Waals surface area (Å²) in [6.07, 6.45) is 0.922. The molecular weight excluding hydrogens is 306 g/mol. The van der Waals surface area contributed by atoms with E-state index in [0.29, 0.717) is 23.0 Å². The largest absolute Gasteiger partial charge is 0.478 e. The molecule has 1 aromatic heterocycles. The van der Waals surface area contributed by atoms with E-state index in [-0.39, 0.29) is 11.5 Å². The number of halogens is 1. The van der Waals surface area contributed by atoms with Gasteiger partial charge in [0.1, 0.15) is 0 Å². The Morgan fingerprint density at radius 1 is 1.55 bits per heavy atom. The Morgan fingerprint density at radius 3 is 3.05 bits per heavy atom. The molecule has 0 saturated carbocycles. The Labute approximate surface area is 132 Å². The first-order chi connectivity index (χ1) is 10.5. The van der Waals surface area contributed by atoms with Crippen molar-refractivity contribution >= 4 is 17.6 Å². The van der Waals surface area contributed by atoms with Crippen molar-refractivity contribution in [1.29, 1.82) is 0 Å². The van der Waals surface area contributed by atoms with Crippen LogP contribution in [0.3, 0.4) is 0 Å². The Hall–Kier alpha value is -1.92. The predicted octanol–water partition coefficient (Wildman–Crippen LogP) is 2.72. The second-order valence-electron chi connectivity index (χ2n) is 5.46. The highest BCUT2D eigenvalue weighted by molar-refractivity contribution is 6.31. The molecule has 0 amide bonds. The van der Waals surface area contributed by atoms with Crippen molar-refractivity contribution in [3.8, 4) is 0 Å². The molecule has 22 heavy (non-hydrogen) atoms. The summed E-state index contributed by atoms with van der Waals surface area (Å²) < 4.78 is 5.02. The van der Waals surface area contributed by atoms with Gasteiger partial charge in [0.25, 0.3) is 0 Å². The van der Waals surface area contributed by atoms with Crippen LogP contribution in [-0.4, -0.2) is 39.2 Å². The van der Waals surface area contributed by atoms with Crippen LogP contribution in [-0.2, 0) is 6.54 Å². The number of rotatable bonds is 4. The van der Waals surface area contributed by atoms with E-state index < -0.39 is 5.97 Å². The normalized spacial score (nSPS) is 18.7. The van der Waals surface area contributed by atoms with Crippen LogP contribution in [0.5, 0.6) is 0 Å². The summed E-state index contributed by atoms with van der Waals surface area (Å²) in [6.45, 7) is 3.90. The molecule has 1 aromatic carbocycles. The average Bonchev–Trinajstić information content (AvgIpc) is 3.09. The van der Waals surface area contributed by atoms with Gasteiger partial charge in [-0.1, -0.05) is 22.8 Å². The van der Waals surface area contributed by atoms with Crippen LogP contribution in [0, 0.1) is 6.92 Å². The predicted molar refractivity (Wildman–Crippen MR) is 80.1 cm³/mol. The molecule has 0 spiro atoms. The zero-order chi connectivity index (χ0) is 15.7. The molecule has 0 bridgehead atoms. The molecule has 1 fully saturated rings. The average molecular weight is 322 g/mol. The van der Waals surface area contributed by atoms with E-state index in [9.17, 15) is 9.90 Å². The van der Waals surface area contributed by atoms with Crippen LogP contribution < -0.4 is 0 Å². The van der Waals surface area contributed by atoms with E-state index in [1.165, 1.54) is 0 Å². The van der Waals surface area contributed by atoms with Gasteiger partial charge in [-0.05, 0) is 30.7 Å². The van der Waals surface area contributed by atoms with E-state index in [2.05, 4.69) is 15.0 Å². The van der Waals surface area contributed by atoms with Crippen molar-refractivity contribution < 1.29 is 14.4 Å². The Kier molecular flexibility index (Phi) is 4.13. The number of aromatic nitrogens is 2. The van der Waals surface area contributed by atoms with E-state index in [1.54, 1.807) is 25.1 Å². The molecule has 0 radical (unpaired) electrons. The van der Waals surface area contributed by atoms with Crippen LogP contribution >= 0.6 is 11.6 Å². The fourth-order valence-electron chi connectivity index (χ4n) is 2.81. The number of carboxylic acid groups (broad SMARTS) is 1. The van der Waals surface area contributed by atoms with Crippen molar-refractivity contribution in [2.75, 3.05) is 13.1 Å². The molecule has 1 aliphatic rings. The summed E-state index contributed by atoms with van der Waals surface area (Å²) in [5, 5.41) is 13.7. The molecule has 3 rings (SSSR count). The summed E-state index contributed by atoms with van der Waals surface area (Å²) in [6, 6.07) is 4.96. The summed E-state index contributed by atoms with van der Waals surface area (Å²) in [4.78, 5) is 17.8. The van der Waals surface area contributed by atoms with E-state index in [4.69, 9.17) is 16.1 Å². The van der Waals surface area contributed by atoms with Gasteiger partial charge in [0.2, 0.25) is 5.89 Å². The fraction of sp³-hybridized carbons (Fsp3) is 0.400. The highest BCUT2D eigenvalue weighted by atomic mass is 35.5. The molecule has 1 aliphatic heterocycles. The Morgan fingerprint density at radius 2 is 2.36 bits per heavy atom. The van der Waals surface area contributed by atoms with E-state index in [0.717, 1.165) is 25.3 Å². The third kappa shape index (κ3) is 2.98. The quantitative estimate of drug-likeness (QED) is 0.932. The lowest BCUT2D eigenvalue weighted by atomic mass is 10.1. The minimum Gasteiger partial charge on any atom is -0.478 e.